The number of nitrogens with one attached hydrogen (secondary N) is 2. The standard InChI is InChI=1S/C21H32N2O4/c1-12(2)17-14-9-10-15(17)19(21(26)27)18(14)20(25)23-22-16(24)11-8-13-6-4-3-5-7-13/h13-15,18-19H,3-11H2,1-2H3,(H,22,24)(H,23,25)(H,26,27)/t14-,15-,18+,19-/m0/s1. The van der Waals surface area contributed by atoms with Gasteiger partial charge in [0.1, 0.15) is 0 Å². The lowest BCUT2D eigenvalue weighted by Crippen LogP contribution is -2.48. The molecule has 3 N–H and O–H groups in total. The van der Waals surface area contributed by atoms with Gasteiger partial charge in [-0.15, -0.1) is 0 Å². The summed E-state index contributed by atoms with van der Waals surface area (Å²) in [5.74, 6) is -2.19. The van der Waals surface area contributed by atoms with Gasteiger partial charge in [0.05, 0.1) is 11.8 Å². The Kier molecular flexibility index (Phi) is 6.22. The third kappa shape index (κ3) is 4.19. The summed E-state index contributed by atoms with van der Waals surface area (Å²) < 4.78 is 0. The maximum Gasteiger partial charge on any atom is 0.307 e. The summed E-state index contributed by atoms with van der Waals surface area (Å²) >= 11 is 0. The van der Waals surface area contributed by atoms with Crippen LogP contribution in [0.1, 0.15) is 71.6 Å². The van der Waals surface area contributed by atoms with Gasteiger partial charge < -0.3 is 5.11 Å². The fraction of sp³-hybridized carbons (Fsp3) is 0.762. The first-order valence-corrected chi connectivity index (χ1v) is 10.4. The summed E-state index contributed by atoms with van der Waals surface area (Å²) in [5, 5.41) is 9.67. The maximum absolute atomic E-state index is 12.7. The van der Waals surface area contributed by atoms with Gasteiger partial charge in [0.2, 0.25) is 11.8 Å². The van der Waals surface area contributed by atoms with Crippen molar-refractivity contribution in [2.75, 3.05) is 0 Å². The highest BCUT2D eigenvalue weighted by molar-refractivity contribution is 5.89. The first kappa shape index (κ1) is 19.9. The minimum Gasteiger partial charge on any atom is -0.481 e. The summed E-state index contributed by atoms with van der Waals surface area (Å²) in [5.41, 5.74) is 7.30. The molecule has 2 amide bonds. The van der Waals surface area contributed by atoms with Crippen LogP contribution in [-0.4, -0.2) is 22.9 Å². The first-order chi connectivity index (χ1) is 12.9. The van der Waals surface area contributed by atoms with Gasteiger partial charge in [-0.3, -0.25) is 25.2 Å². The highest BCUT2D eigenvalue weighted by atomic mass is 16.4. The molecule has 6 nitrogen and oxygen atoms in total. The molecule has 2 bridgehead atoms. The molecule has 0 aromatic carbocycles. The minimum atomic E-state index is -0.912. The lowest BCUT2D eigenvalue weighted by atomic mass is 9.79. The first-order valence-electron chi connectivity index (χ1n) is 10.4. The number of allylic oxidation sites excluding steroid dienone is 2. The lowest BCUT2D eigenvalue weighted by molar-refractivity contribution is -0.149. The van der Waals surface area contributed by atoms with E-state index in [0.29, 0.717) is 12.3 Å². The normalized spacial score (nSPS) is 30.2. The Bertz CT molecular complexity index is 632. The number of hydrogen-bond donors (Lipinski definition) is 3. The fourth-order valence-electron chi connectivity index (χ4n) is 5.69. The molecule has 0 aliphatic heterocycles. The van der Waals surface area contributed by atoms with E-state index >= 15 is 0 Å². The highest BCUT2D eigenvalue weighted by Crippen LogP contribution is 2.57. The van der Waals surface area contributed by atoms with Crippen molar-refractivity contribution in [1.29, 1.82) is 0 Å². The number of carbonyl (C=O) groups is 3. The molecule has 0 saturated heterocycles. The SMILES string of the molecule is CC(C)=C1[C@@H]2CC[C@@H]1[C@@H](C(=O)NNC(=O)CCC1CCCCC1)[C@H]2C(=O)O. The van der Waals surface area contributed by atoms with Crippen molar-refractivity contribution in [3.63, 3.8) is 0 Å². The molecule has 0 aromatic heterocycles. The predicted molar refractivity (Wildman–Crippen MR) is 101 cm³/mol. The van der Waals surface area contributed by atoms with Crippen LogP contribution >= 0.6 is 0 Å². The number of fused-ring (bicyclic) bond motifs is 2. The molecular weight excluding hydrogens is 344 g/mol. The number of carboxylic acids is 1. The van der Waals surface area contributed by atoms with Crippen molar-refractivity contribution in [3.8, 4) is 0 Å². The van der Waals surface area contributed by atoms with E-state index in [1.807, 2.05) is 13.8 Å². The highest BCUT2D eigenvalue weighted by Gasteiger charge is 2.57. The number of hydrogen-bond acceptors (Lipinski definition) is 3. The number of rotatable bonds is 5. The molecule has 6 heteroatoms. The van der Waals surface area contributed by atoms with Gasteiger partial charge in [-0.2, -0.15) is 0 Å². The second-order valence-electron chi connectivity index (χ2n) is 8.72. The zero-order valence-electron chi connectivity index (χ0n) is 16.4. The summed E-state index contributed by atoms with van der Waals surface area (Å²) in [6, 6.07) is 0. The van der Waals surface area contributed by atoms with Crippen LogP contribution in [0.4, 0.5) is 0 Å². The molecule has 3 rings (SSSR count). The molecule has 3 saturated carbocycles. The molecule has 3 aliphatic rings. The second-order valence-corrected chi connectivity index (χ2v) is 8.72. The zero-order valence-corrected chi connectivity index (χ0v) is 16.4. The molecule has 0 unspecified atom stereocenters. The van der Waals surface area contributed by atoms with Gasteiger partial charge in [-0.25, -0.2) is 0 Å². The molecule has 27 heavy (non-hydrogen) atoms. The van der Waals surface area contributed by atoms with E-state index in [-0.39, 0.29) is 23.7 Å². The van der Waals surface area contributed by atoms with Crippen molar-refractivity contribution in [3.05, 3.63) is 11.1 Å². The fourth-order valence-corrected chi connectivity index (χ4v) is 5.69. The summed E-state index contributed by atoms with van der Waals surface area (Å²) in [7, 11) is 0. The van der Waals surface area contributed by atoms with Gasteiger partial charge in [0.15, 0.2) is 0 Å². The van der Waals surface area contributed by atoms with Crippen LogP contribution in [0, 0.1) is 29.6 Å². The molecule has 0 radical (unpaired) electrons. The summed E-state index contributed by atoms with van der Waals surface area (Å²) in [6.07, 6.45) is 9.11. The van der Waals surface area contributed by atoms with Gasteiger partial charge >= 0.3 is 5.97 Å². The van der Waals surface area contributed by atoms with Crippen LogP contribution < -0.4 is 10.9 Å². The number of hydrazine groups is 1. The average molecular weight is 376 g/mol. The molecule has 4 atom stereocenters. The van der Waals surface area contributed by atoms with Gasteiger partial charge in [-0.05, 0) is 50.9 Å². The van der Waals surface area contributed by atoms with E-state index in [1.54, 1.807) is 0 Å². The second kappa shape index (κ2) is 8.44. The van der Waals surface area contributed by atoms with Gasteiger partial charge in [0, 0.05) is 6.42 Å². The van der Waals surface area contributed by atoms with Gasteiger partial charge in [-0.1, -0.05) is 43.3 Å². The smallest absolute Gasteiger partial charge is 0.307 e. The van der Waals surface area contributed by atoms with Gasteiger partial charge in [0.25, 0.3) is 0 Å². The van der Waals surface area contributed by atoms with Crippen molar-refractivity contribution >= 4 is 17.8 Å². The number of amides is 2. The third-order valence-electron chi connectivity index (χ3n) is 6.84. The molecule has 0 heterocycles. The topological polar surface area (TPSA) is 95.5 Å². The van der Waals surface area contributed by atoms with Crippen LogP contribution in [0.5, 0.6) is 0 Å². The van der Waals surface area contributed by atoms with Crippen molar-refractivity contribution < 1.29 is 19.5 Å². The quantitative estimate of drug-likeness (QED) is 0.507. The Morgan fingerprint density at radius 2 is 1.56 bits per heavy atom. The molecule has 3 aliphatic carbocycles. The number of carbonyl (C=O) groups excluding carboxylic acids is 2. The van der Waals surface area contributed by atoms with Crippen molar-refractivity contribution in [1.82, 2.24) is 10.9 Å². The maximum atomic E-state index is 12.7. The Labute approximate surface area is 161 Å². The molecule has 150 valence electrons. The summed E-state index contributed by atoms with van der Waals surface area (Å²) in [6.45, 7) is 3.99. The van der Waals surface area contributed by atoms with Crippen LogP contribution in [0.2, 0.25) is 0 Å². The molecule has 0 aromatic rings. The zero-order chi connectivity index (χ0) is 19.6. The molecular formula is C21H32N2O4. The Balaban J connectivity index is 1.54. The Morgan fingerprint density at radius 3 is 2.15 bits per heavy atom. The van der Waals surface area contributed by atoms with Crippen molar-refractivity contribution in [2.24, 2.45) is 29.6 Å². The van der Waals surface area contributed by atoms with E-state index in [2.05, 4.69) is 10.9 Å². The number of carboxylic acid groups (broad SMARTS) is 1. The number of aliphatic carboxylic acids is 1. The van der Waals surface area contributed by atoms with E-state index in [9.17, 15) is 19.5 Å². The van der Waals surface area contributed by atoms with E-state index in [1.165, 1.54) is 32.1 Å². The molecule has 3 fully saturated rings. The minimum absolute atomic E-state index is 0.0137. The monoisotopic (exact) mass is 376 g/mol. The molecule has 0 spiro atoms. The third-order valence-corrected chi connectivity index (χ3v) is 6.84. The Hall–Kier alpha value is -1.85. The van der Waals surface area contributed by atoms with E-state index in [4.69, 9.17) is 0 Å². The van der Waals surface area contributed by atoms with Crippen LogP contribution in [-0.2, 0) is 14.4 Å². The van der Waals surface area contributed by atoms with Crippen LogP contribution in [0.3, 0.4) is 0 Å². The van der Waals surface area contributed by atoms with Crippen molar-refractivity contribution in [2.45, 2.75) is 71.6 Å². The lowest BCUT2D eigenvalue weighted by Gasteiger charge is -2.26. The van der Waals surface area contributed by atoms with Crippen LogP contribution in [0.25, 0.3) is 0 Å². The van der Waals surface area contributed by atoms with E-state index < -0.39 is 17.8 Å². The summed E-state index contributed by atoms with van der Waals surface area (Å²) in [4.78, 5) is 36.6. The predicted octanol–water partition coefficient (Wildman–Crippen LogP) is 3.19. The Morgan fingerprint density at radius 1 is 0.926 bits per heavy atom. The largest absolute Gasteiger partial charge is 0.481 e. The average Bonchev–Trinajstić information content (AvgIpc) is 3.21. The van der Waals surface area contributed by atoms with Crippen LogP contribution in [0.15, 0.2) is 11.1 Å². The van der Waals surface area contributed by atoms with E-state index in [0.717, 1.165) is 30.4 Å².